The van der Waals surface area contributed by atoms with E-state index in [1.165, 1.54) is 6.92 Å². The normalized spacial score (nSPS) is 12.0. The Morgan fingerprint density at radius 2 is 1.65 bits per heavy atom. The van der Waals surface area contributed by atoms with Crippen LogP contribution >= 0.6 is 21.4 Å². The topological polar surface area (TPSA) is 63.2 Å². The van der Waals surface area contributed by atoms with E-state index in [2.05, 4.69) is 26.7 Å². The second-order valence-electron chi connectivity index (χ2n) is 3.21. The lowest BCUT2D eigenvalue weighted by Gasteiger charge is -2.11. The first-order valence-corrected chi connectivity index (χ1v) is 7.80. The average molecular weight is 298 g/mol. The quantitative estimate of drug-likeness (QED) is 0.854. The highest BCUT2D eigenvalue weighted by atomic mass is 36.0. The Kier molecular flexibility index (Phi) is 7.18. The third kappa shape index (κ3) is 11.5. The number of nitrogens with one attached hydrogen (secondary N) is 1. The van der Waals surface area contributed by atoms with Crippen molar-refractivity contribution in [1.29, 1.82) is 0 Å². The number of benzene rings is 1. The van der Waals surface area contributed by atoms with Crippen molar-refractivity contribution in [3.05, 3.63) is 35.9 Å². The number of rotatable bonds is 2. The third-order valence-electron chi connectivity index (χ3n) is 1.72. The van der Waals surface area contributed by atoms with Crippen LogP contribution in [0.1, 0.15) is 25.5 Å². The number of carbonyl (C=O) groups is 1. The number of amides is 1. The van der Waals surface area contributed by atoms with E-state index in [4.69, 9.17) is 8.42 Å². The Labute approximate surface area is 110 Å². The van der Waals surface area contributed by atoms with Gasteiger partial charge in [-0.15, -0.1) is 0 Å². The number of halogens is 2. The van der Waals surface area contributed by atoms with Crippen molar-refractivity contribution in [2.24, 2.45) is 0 Å². The molecule has 0 aliphatic carbocycles. The molecule has 0 bridgehead atoms. The van der Waals surface area contributed by atoms with Crippen LogP contribution in [0.15, 0.2) is 30.3 Å². The van der Waals surface area contributed by atoms with E-state index in [0.29, 0.717) is 0 Å². The number of hydrogen-bond donors (Lipinski definition) is 1. The predicted octanol–water partition coefficient (Wildman–Crippen LogP) is 2.59. The Morgan fingerprint density at radius 1 is 1.24 bits per heavy atom. The molecule has 0 radical (unpaired) electrons. The summed E-state index contributed by atoms with van der Waals surface area (Å²) in [7, 11) is 4.81. The summed E-state index contributed by atoms with van der Waals surface area (Å²) in [4.78, 5) is 10.7. The molecule has 1 unspecified atom stereocenters. The number of carbonyl (C=O) groups excluding carboxylic acids is 1. The molecule has 1 N–H and O–H groups in total. The van der Waals surface area contributed by atoms with Gasteiger partial charge in [-0.2, -0.15) is 8.42 Å². The third-order valence-corrected chi connectivity index (χ3v) is 1.72. The zero-order valence-corrected chi connectivity index (χ0v) is 11.7. The largest absolute Gasteiger partial charge is 0.350 e. The second-order valence-corrected chi connectivity index (χ2v) is 6.88. The molecule has 0 aromatic heterocycles. The highest BCUT2D eigenvalue weighted by molar-refractivity contribution is 8.31. The summed E-state index contributed by atoms with van der Waals surface area (Å²) in [5.41, 5.74) is 1.13. The van der Waals surface area contributed by atoms with Crippen LogP contribution in [-0.2, 0) is 13.1 Å². The zero-order valence-electron chi connectivity index (χ0n) is 9.35. The molecular weight excluding hydrogens is 285 g/mol. The zero-order chi connectivity index (χ0) is 13.5. The summed E-state index contributed by atoms with van der Waals surface area (Å²) in [6.07, 6.45) is 0. The van der Waals surface area contributed by atoms with E-state index < -0.39 is 8.26 Å². The van der Waals surface area contributed by atoms with E-state index >= 15 is 0 Å². The van der Waals surface area contributed by atoms with Crippen LogP contribution in [0, 0.1) is 0 Å². The van der Waals surface area contributed by atoms with Crippen LogP contribution in [-0.4, -0.2) is 14.3 Å². The summed E-state index contributed by atoms with van der Waals surface area (Å²) in [6, 6.07) is 10.00. The fraction of sp³-hybridized carbons (Fsp3) is 0.300. The fourth-order valence-electron chi connectivity index (χ4n) is 1.13. The molecule has 1 aromatic rings. The molecule has 96 valence electrons. The molecule has 0 heterocycles. The van der Waals surface area contributed by atoms with Gasteiger partial charge in [-0.25, -0.2) is 0 Å². The van der Waals surface area contributed by atoms with Gasteiger partial charge < -0.3 is 5.32 Å². The van der Waals surface area contributed by atoms with Crippen LogP contribution < -0.4 is 5.32 Å². The lowest BCUT2D eigenvalue weighted by atomic mass is 10.1. The molecular formula is C10H13Cl2NO3S. The molecule has 0 spiro atoms. The molecule has 17 heavy (non-hydrogen) atoms. The van der Waals surface area contributed by atoms with E-state index in [1.54, 1.807) is 0 Å². The SMILES string of the molecule is CC(=O)NC(C)c1ccccc1.O=S(=O)(Cl)Cl. The van der Waals surface area contributed by atoms with Crippen molar-refractivity contribution in [3.63, 3.8) is 0 Å². The van der Waals surface area contributed by atoms with Gasteiger partial charge in [0.05, 0.1) is 6.04 Å². The predicted molar refractivity (Wildman–Crippen MR) is 69.3 cm³/mol. The van der Waals surface area contributed by atoms with E-state index in [1.807, 2.05) is 37.3 Å². The lowest BCUT2D eigenvalue weighted by molar-refractivity contribution is -0.119. The Bertz CT molecular complexity index is 440. The molecule has 0 saturated carbocycles. The molecule has 0 saturated heterocycles. The van der Waals surface area contributed by atoms with Crippen molar-refractivity contribution < 1.29 is 13.2 Å². The van der Waals surface area contributed by atoms with Crippen LogP contribution in [0.2, 0.25) is 0 Å². The van der Waals surface area contributed by atoms with E-state index in [0.717, 1.165) is 5.56 Å². The highest BCUT2D eigenvalue weighted by Gasteiger charge is 2.03. The van der Waals surface area contributed by atoms with Gasteiger partial charge in [-0.05, 0) is 12.5 Å². The second kappa shape index (κ2) is 7.53. The van der Waals surface area contributed by atoms with E-state index in [-0.39, 0.29) is 11.9 Å². The van der Waals surface area contributed by atoms with Crippen molar-refractivity contribution in [1.82, 2.24) is 5.32 Å². The molecule has 1 rings (SSSR count). The standard InChI is InChI=1S/C10H13NO.Cl2O2S/c1-8(11-9(2)12)10-6-4-3-5-7-10;1-5(2,3)4/h3-8H,1-2H3,(H,11,12);. The van der Waals surface area contributed by atoms with Crippen LogP contribution in [0.25, 0.3) is 0 Å². The van der Waals surface area contributed by atoms with Crippen LogP contribution in [0.4, 0.5) is 0 Å². The summed E-state index contributed by atoms with van der Waals surface area (Å²) in [6.45, 7) is 3.50. The van der Waals surface area contributed by atoms with Crippen molar-refractivity contribution in [3.8, 4) is 0 Å². The van der Waals surface area contributed by atoms with E-state index in [9.17, 15) is 4.79 Å². The van der Waals surface area contributed by atoms with Crippen LogP contribution in [0.3, 0.4) is 0 Å². The van der Waals surface area contributed by atoms with Crippen LogP contribution in [0.5, 0.6) is 0 Å². The molecule has 1 amide bonds. The molecule has 1 aromatic carbocycles. The van der Waals surface area contributed by atoms with Gasteiger partial charge in [0.15, 0.2) is 0 Å². The monoisotopic (exact) mass is 297 g/mol. The van der Waals surface area contributed by atoms with Crippen molar-refractivity contribution in [2.75, 3.05) is 0 Å². The highest BCUT2D eigenvalue weighted by Crippen LogP contribution is 2.10. The Morgan fingerprint density at radius 3 is 2.00 bits per heavy atom. The molecule has 0 fully saturated rings. The van der Waals surface area contributed by atoms with Gasteiger partial charge in [-0.3, -0.25) is 4.79 Å². The molecule has 1 atom stereocenters. The first-order chi connectivity index (χ1) is 7.70. The molecule has 0 aliphatic heterocycles. The minimum absolute atomic E-state index is 0.00588. The summed E-state index contributed by atoms with van der Waals surface area (Å²) in [5.74, 6) is 0.00588. The van der Waals surface area contributed by atoms with Gasteiger partial charge in [0, 0.05) is 28.3 Å². The molecule has 7 heteroatoms. The minimum atomic E-state index is -3.72. The van der Waals surface area contributed by atoms with Crippen molar-refractivity contribution in [2.45, 2.75) is 19.9 Å². The summed E-state index contributed by atoms with van der Waals surface area (Å²) < 4.78 is 18.3. The van der Waals surface area contributed by atoms with Gasteiger partial charge >= 0.3 is 8.26 Å². The summed E-state index contributed by atoms with van der Waals surface area (Å²) >= 11 is 0. The first-order valence-electron chi connectivity index (χ1n) is 4.66. The first kappa shape index (κ1) is 16.2. The van der Waals surface area contributed by atoms with Gasteiger partial charge in [0.25, 0.3) is 0 Å². The fourth-order valence-corrected chi connectivity index (χ4v) is 1.13. The maximum atomic E-state index is 10.7. The van der Waals surface area contributed by atoms with Gasteiger partial charge in [0.1, 0.15) is 0 Å². The Balaban J connectivity index is 0.000000437. The molecule has 4 nitrogen and oxygen atoms in total. The average Bonchev–Trinajstić information content (AvgIpc) is 2.15. The van der Waals surface area contributed by atoms with Gasteiger partial charge in [0.2, 0.25) is 5.91 Å². The maximum Gasteiger partial charge on any atom is 0.317 e. The maximum absolute atomic E-state index is 10.7. The van der Waals surface area contributed by atoms with Crippen molar-refractivity contribution >= 4 is 35.5 Å². The Hall–Kier alpha value is -0.780. The lowest BCUT2D eigenvalue weighted by Crippen LogP contribution is -2.23. The van der Waals surface area contributed by atoms with Gasteiger partial charge in [-0.1, -0.05) is 30.3 Å². The summed E-state index contributed by atoms with van der Waals surface area (Å²) in [5, 5.41) is 2.82. The molecule has 0 aliphatic rings. The minimum Gasteiger partial charge on any atom is -0.350 e. The number of hydrogen-bond acceptors (Lipinski definition) is 3. The smallest absolute Gasteiger partial charge is 0.317 e.